The van der Waals surface area contributed by atoms with Crippen LogP contribution in [0.5, 0.6) is 0 Å². The van der Waals surface area contributed by atoms with Crippen molar-refractivity contribution in [3.05, 3.63) is 90.0 Å². The van der Waals surface area contributed by atoms with Crippen molar-refractivity contribution in [2.24, 2.45) is 0 Å². The Morgan fingerprint density at radius 1 is 0.903 bits per heavy atom. The molecular weight excluding hydrogens is 408 g/mol. The molecule has 31 heavy (non-hydrogen) atoms. The van der Waals surface area contributed by atoms with E-state index < -0.39 is 10.0 Å². The minimum Gasteiger partial charge on any atom is -0.326 e. The molecule has 0 aliphatic carbocycles. The Labute approximate surface area is 184 Å². The molecule has 3 aromatic rings. The molecule has 0 heterocycles. The number of hydrogen-bond acceptors (Lipinski definition) is 3. The summed E-state index contributed by atoms with van der Waals surface area (Å²) in [5.74, 6) is 0.175. The lowest BCUT2D eigenvalue weighted by Gasteiger charge is -2.24. The summed E-state index contributed by atoms with van der Waals surface area (Å²) >= 11 is 0. The summed E-state index contributed by atoms with van der Waals surface area (Å²) in [4.78, 5) is 12.7. The predicted octanol–water partition coefficient (Wildman–Crippen LogP) is 5.34. The Morgan fingerprint density at radius 3 is 2.10 bits per heavy atom. The van der Waals surface area contributed by atoms with Gasteiger partial charge in [0.1, 0.15) is 0 Å². The number of amides is 1. The van der Waals surface area contributed by atoms with E-state index in [1.54, 1.807) is 48.5 Å². The molecule has 3 aromatic carbocycles. The summed E-state index contributed by atoms with van der Waals surface area (Å²) in [6.07, 6.45) is 0.0336. The van der Waals surface area contributed by atoms with Crippen molar-refractivity contribution in [3.8, 4) is 0 Å². The fraction of sp³-hybridized carbons (Fsp3) is 0.240. The number of sulfonamides is 1. The fourth-order valence-corrected chi connectivity index (χ4v) is 4.66. The lowest BCUT2D eigenvalue weighted by atomic mass is 10.0. The zero-order chi connectivity index (χ0) is 22.4. The molecule has 0 radical (unpaired) electrons. The summed E-state index contributed by atoms with van der Waals surface area (Å²) in [5.41, 5.74) is 3.39. The first-order valence-corrected chi connectivity index (χ1v) is 11.8. The lowest BCUT2D eigenvalue weighted by Crippen LogP contribution is -2.34. The van der Waals surface area contributed by atoms with Crippen LogP contribution < -0.4 is 9.62 Å². The maximum absolute atomic E-state index is 13.3. The van der Waals surface area contributed by atoms with E-state index in [-0.39, 0.29) is 23.8 Å². The fourth-order valence-electron chi connectivity index (χ4n) is 3.20. The molecule has 1 amide bonds. The highest BCUT2D eigenvalue weighted by atomic mass is 32.2. The minimum absolute atomic E-state index is 0.0336. The van der Waals surface area contributed by atoms with Crippen molar-refractivity contribution in [3.63, 3.8) is 0 Å². The number of para-hydroxylation sites is 1. The maximum atomic E-state index is 13.3. The second kappa shape index (κ2) is 9.79. The molecular formula is C25H28N2O3S. The van der Waals surface area contributed by atoms with Gasteiger partial charge < -0.3 is 5.32 Å². The highest BCUT2D eigenvalue weighted by molar-refractivity contribution is 7.92. The van der Waals surface area contributed by atoms with Crippen LogP contribution >= 0.6 is 0 Å². The van der Waals surface area contributed by atoms with Crippen LogP contribution in [0.15, 0.2) is 83.8 Å². The summed E-state index contributed by atoms with van der Waals surface area (Å²) in [7, 11) is -3.80. The van der Waals surface area contributed by atoms with Crippen molar-refractivity contribution in [2.75, 3.05) is 16.2 Å². The van der Waals surface area contributed by atoms with E-state index in [9.17, 15) is 13.2 Å². The maximum Gasteiger partial charge on any atom is 0.264 e. The SMILES string of the molecule is Cc1ccc(S(=O)(=O)N(CCC(=O)Nc2ccc(C(C)C)cc2)c2ccccc2)cc1. The Bertz CT molecular complexity index is 1110. The van der Waals surface area contributed by atoms with Gasteiger partial charge in [0.05, 0.1) is 10.6 Å². The molecule has 0 bridgehead atoms. The summed E-state index contributed by atoms with van der Waals surface area (Å²) in [6, 6.07) is 23.3. The first-order chi connectivity index (χ1) is 14.8. The number of nitrogens with zero attached hydrogens (tertiary/aromatic N) is 1. The second-order valence-corrected chi connectivity index (χ2v) is 9.66. The number of carbonyl (C=O) groups excluding carboxylic acids is 1. The monoisotopic (exact) mass is 436 g/mol. The van der Waals surface area contributed by atoms with Gasteiger partial charge in [-0.05, 0) is 54.8 Å². The van der Waals surface area contributed by atoms with Crippen LogP contribution in [0.25, 0.3) is 0 Å². The standard InChI is InChI=1S/C25H28N2O3S/c1-19(2)21-11-13-22(14-12-21)26-25(28)17-18-27(23-7-5-4-6-8-23)31(29,30)24-15-9-20(3)10-16-24/h4-16,19H,17-18H2,1-3H3,(H,26,28). The molecule has 0 atom stereocenters. The number of rotatable bonds is 8. The third-order valence-electron chi connectivity index (χ3n) is 5.06. The van der Waals surface area contributed by atoms with Gasteiger partial charge in [0.2, 0.25) is 5.91 Å². The van der Waals surface area contributed by atoms with E-state index in [1.807, 2.05) is 37.3 Å². The van der Waals surface area contributed by atoms with Crippen LogP contribution in [0.2, 0.25) is 0 Å². The zero-order valence-corrected chi connectivity index (χ0v) is 18.9. The summed E-state index contributed by atoms with van der Waals surface area (Å²) < 4.78 is 27.9. The molecule has 0 aliphatic heterocycles. The minimum atomic E-state index is -3.80. The van der Waals surface area contributed by atoms with Gasteiger partial charge in [0, 0.05) is 18.7 Å². The van der Waals surface area contributed by atoms with Crippen LogP contribution in [-0.4, -0.2) is 20.9 Å². The van der Waals surface area contributed by atoms with Gasteiger partial charge in [-0.1, -0.05) is 61.9 Å². The molecule has 5 nitrogen and oxygen atoms in total. The molecule has 3 rings (SSSR count). The Balaban J connectivity index is 1.76. The van der Waals surface area contributed by atoms with Crippen LogP contribution in [0.1, 0.15) is 37.3 Å². The van der Waals surface area contributed by atoms with Gasteiger partial charge in [-0.25, -0.2) is 8.42 Å². The average molecular weight is 437 g/mol. The molecule has 1 N–H and O–H groups in total. The van der Waals surface area contributed by atoms with Crippen molar-refractivity contribution >= 4 is 27.3 Å². The number of anilines is 2. The van der Waals surface area contributed by atoms with E-state index in [1.165, 1.54) is 9.87 Å². The third-order valence-corrected chi connectivity index (χ3v) is 6.90. The number of benzene rings is 3. The number of hydrogen-bond donors (Lipinski definition) is 1. The molecule has 162 valence electrons. The normalized spacial score (nSPS) is 11.4. The summed E-state index contributed by atoms with van der Waals surface area (Å²) in [6.45, 7) is 6.17. The van der Waals surface area contributed by atoms with E-state index in [4.69, 9.17) is 0 Å². The first kappa shape index (κ1) is 22.6. The number of nitrogens with one attached hydrogen (secondary N) is 1. The number of carbonyl (C=O) groups is 1. The Morgan fingerprint density at radius 2 is 1.52 bits per heavy atom. The number of aryl methyl sites for hydroxylation is 1. The van der Waals surface area contributed by atoms with E-state index in [0.717, 1.165) is 5.56 Å². The van der Waals surface area contributed by atoms with E-state index in [2.05, 4.69) is 19.2 Å². The quantitative estimate of drug-likeness (QED) is 0.518. The molecule has 0 aromatic heterocycles. The van der Waals surface area contributed by atoms with Gasteiger partial charge in [-0.2, -0.15) is 0 Å². The largest absolute Gasteiger partial charge is 0.326 e. The van der Waals surface area contributed by atoms with Crippen LogP contribution in [-0.2, 0) is 14.8 Å². The van der Waals surface area contributed by atoms with E-state index >= 15 is 0 Å². The van der Waals surface area contributed by atoms with Gasteiger partial charge in [-0.3, -0.25) is 9.10 Å². The Kier molecular flexibility index (Phi) is 7.13. The van der Waals surface area contributed by atoms with E-state index in [0.29, 0.717) is 17.3 Å². The van der Waals surface area contributed by atoms with Crippen LogP contribution in [0.3, 0.4) is 0 Å². The average Bonchev–Trinajstić information content (AvgIpc) is 2.75. The predicted molar refractivity (Wildman–Crippen MR) is 126 cm³/mol. The summed E-state index contributed by atoms with van der Waals surface area (Å²) in [5, 5.41) is 2.85. The molecule has 0 aliphatic rings. The molecule has 6 heteroatoms. The third kappa shape index (κ3) is 5.73. The molecule has 0 fully saturated rings. The topological polar surface area (TPSA) is 66.5 Å². The molecule has 0 saturated heterocycles. The smallest absolute Gasteiger partial charge is 0.264 e. The van der Waals surface area contributed by atoms with Crippen LogP contribution in [0.4, 0.5) is 11.4 Å². The highest BCUT2D eigenvalue weighted by Gasteiger charge is 2.25. The lowest BCUT2D eigenvalue weighted by molar-refractivity contribution is -0.116. The Hall–Kier alpha value is -3.12. The van der Waals surface area contributed by atoms with Crippen molar-refractivity contribution < 1.29 is 13.2 Å². The van der Waals surface area contributed by atoms with Gasteiger partial charge in [0.15, 0.2) is 0 Å². The van der Waals surface area contributed by atoms with Crippen molar-refractivity contribution in [1.29, 1.82) is 0 Å². The van der Waals surface area contributed by atoms with Gasteiger partial charge in [0.25, 0.3) is 10.0 Å². The highest BCUT2D eigenvalue weighted by Crippen LogP contribution is 2.24. The van der Waals surface area contributed by atoms with Crippen LogP contribution in [0, 0.1) is 6.92 Å². The van der Waals surface area contributed by atoms with Gasteiger partial charge >= 0.3 is 0 Å². The first-order valence-electron chi connectivity index (χ1n) is 10.3. The zero-order valence-electron chi connectivity index (χ0n) is 18.1. The van der Waals surface area contributed by atoms with Gasteiger partial charge in [-0.15, -0.1) is 0 Å². The molecule has 0 saturated carbocycles. The molecule has 0 unspecified atom stereocenters. The second-order valence-electron chi connectivity index (χ2n) is 7.80. The molecule has 0 spiro atoms. The van der Waals surface area contributed by atoms with Crippen molar-refractivity contribution in [1.82, 2.24) is 0 Å². The van der Waals surface area contributed by atoms with Crippen molar-refractivity contribution in [2.45, 2.75) is 38.0 Å².